The second kappa shape index (κ2) is 16.0. The molecule has 0 bridgehead atoms. The first kappa shape index (κ1) is 25.7. The third kappa shape index (κ3) is 15.1. The third-order valence-corrected chi connectivity index (χ3v) is 5.43. The van der Waals surface area contributed by atoms with Crippen LogP contribution in [0.2, 0.25) is 0 Å². The first-order valence-electron chi connectivity index (χ1n) is 8.54. The van der Waals surface area contributed by atoms with Gasteiger partial charge in [-0.05, 0) is 25.7 Å². The van der Waals surface area contributed by atoms with Crippen molar-refractivity contribution in [1.29, 1.82) is 0 Å². The van der Waals surface area contributed by atoms with Gasteiger partial charge in [0.15, 0.2) is 0 Å². The molecule has 0 aromatic rings. The molecule has 0 aromatic heterocycles. The monoisotopic (exact) mass is 360 g/mol. The SMILES string of the molecule is CCCC(O)CCCCCCCCCC(CC)S(=O)(=O)[O-].[K+]. The molecule has 128 valence electrons. The van der Waals surface area contributed by atoms with Crippen molar-refractivity contribution in [1.82, 2.24) is 0 Å². The van der Waals surface area contributed by atoms with E-state index in [1.165, 1.54) is 6.42 Å². The van der Waals surface area contributed by atoms with Crippen LogP contribution in [0.25, 0.3) is 0 Å². The second-order valence-electron chi connectivity index (χ2n) is 6.02. The van der Waals surface area contributed by atoms with Gasteiger partial charge in [0.2, 0.25) is 0 Å². The molecular weight excluding hydrogens is 327 g/mol. The van der Waals surface area contributed by atoms with E-state index in [4.69, 9.17) is 0 Å². The van der Waals surface area contributed by atoms with Crippen LogP contribution in [0.1, 0.15) is 90.9 Å². The van der Waals surface area contributed by atoms with Gasteiger partial charge in [0.1, 0.15) is 0 Å². The van der Waals surface area contributed by atoms with Crippen molar-refractivity contribution in [3.8, 4) is 0 Å². The van der Waals surface area contributed by atoms with Crippen molar-refractivity contribution in [3.63, 3.8) is 0 Å². The van der Waals surface area contributed by atoms with Crippen LogP contribution < -0.4 is 51.4 Å². The number of aliphatic hydroxyl groups is 1. The summed E-state index contributed by atoms with van der Waals surface area (Å²) in [5, 5.41) is 8.89. The summed E-state index contributed by atoms with van der Waals surface area (Å²) in [6, 6.07) is 0. The van der Waals surface area contributed by atoms with Crippen molar-refractivity contribution < 1.29 is 69.5 Å². The minimum absolute atomic E-state index is 0. The molecule has 6 heteroatoms. The fraction of sp³-hybridized carbons (Fsp3) is 1.00. The van der Waals surface area contributed by atoms with Gasteiger partial charge in [-0.1, -0.05) is 65.2 Å². The Morgan fingerprint density at radius 3 is 1.73 bits per heavy atom. The maximum absolute atomic E-state index is 10.9. The van der Waals surface area contributed by atoms with Gasteiger partial charge >= 0.3 is 51.4 Å². The van der Waals surface area contributed by atoms with Crippen molar-refractivity contribution >= 4 is 10.1 Å². The summed E-state index contributed by atoms with van der Waals surface area (Å²) in [4.78, 5) is 0. The summed E-state index contributed by atoms with van der Waals surface area (Å²) in [5.41, 5.74) is 0. The molecule has 0 saturated heterocycles. The number of aliphatic hydroxyl groups excluding tert-OH is 1. The van der Waals surface area contributed by atoms with Crippen LogP contribution in [0.3, 0.4) is 0 Å². The van der Waals surface area contributed by atoms with E-state index >= 15 is 0 Å². The van der Waals surface area contributed by atoms with E-state index in [0.717, 1.165) is 57.8 Å². The number of unbranched alkanes of at least 4 members (excludes halogenated alkanes) is 6. The predicted octanol–water partition coefficient (Wildman–Crippen LogP) is 0.986. The molecule has 22 heavy (non-hydrogen) atoms. The zero-order chi connectivity index (χ0) is 16.1. The van der Waals surface area contributed by atoms with Gasteiger partial charge in [-0.25, -0.2) is 8.42 Å². The molecule has 0 fully saturated rings. The van der Waals surface area contributed by atoms with Crippen LogP contribution in [-0.2, 0) is 10.1 Å². The van der Waals surface area contributed by atoms with Gasteiger partial charge in [-0.15, -0.1) is 0 Å². The Hall–Kier alpha value is 1.51. The number of hydrogen-bond donors (Lipinski definition) is 1. The quantitative estimate of drug-likeness (QED) is 0.285. The molecule has 0 aliphatic heterocycles. The van der Waals surface area contributed by atoms with Crippen molar-refractivity contribution in [3.05, 3.63) is 0 Å². The maximum atomic E-state index is 10.9. The fourth-order valence-corrected chi connectivity index (χ4v) is 3.53. The largest absolute Gasteiger partial charge is 1.00 e. The first-order chi connectivity index (χ1) is 9.91. The van der Waals surface area contributed by atoms with Crippen molar-refractivity contribution in [2.24, 2.45) is 0 Å². The Kier molecular flexibility index (Phi) is 18.7. The molecule has 0 amide bonds. The summed E-state index contributed by atoms with van der Waals surface area (Å²) in [5.74, 6) is 0. The molecule has 0 heterocycles. The average molecular weight is 361 g/mol. The van der Waals surface area contributed by atoms with E-state index < -0.39 is 15.4 Å². The van der Waals surface area contributed by atoms with Gasteiger partial charge in [-0.3, -0.25) is 0 Å². The average Bonchev–Trinajstić information content (AvgIpc) is 2.40. The number of hydrogen-bond acceptors (Lipinski definition) is 4. The second-order valence-corrected chi connectivity index (χ2v) is 7.67. The summed E-state index contributed by atoms with van der Waals surface area (Å²) in [7, 11) is -4.11. The molecule has 1 N–H and O–H groups in total. The Balaban J connectivity index is 0. The molecule has 0 saturated carbocycles. The summed E-state index contributed by atoms with van der Waals surface area (Å²) < 4.78 is 32.8. The Labute approximate surface area is 180 Å². The van der Waals surface area contributed by atoms with Gasteiger partial charge in [0, 0.05) is 5.25 Å². The molecule has 2 atom stereocenters. The fourth-order valence-electron chi connectivity index (χ4n) is 2.67. The maximum Gasteiger partial charge on any atom is 1.00 e. The van der Waals surface area contributed by atoms with Crippen LogP contribution in [-0.4, -0.2) is 29.4 Å². The standard InChI is InChI=1S/C16H34O4S.K/c1-3-12-15(17)13-10-8-6-5-7-9-11-14-16(4-2)21(18,19)20;/h15-17H,3-14H2,1-2H3,(H,18,19,20);/q;+1/p-1. The first-order valence-corrected chi connectivity index (χ1v) is 10.0. The van der Waals surface area contributed by atoms with Crippen LogP contribution in [0.5, 0.6) is 0 Å². The summed E-state index contributed by atoms with van der Waals surface area (Å²) in [6.45, 7) is 3.84. The van der Waals surface area contributed by atoms with Gasteiger partial charge in [-0.2, -0.15) is 0 Å². The molecule has 0 aliphatic carbocycles. The molecule has 0 radical (unpaired) electrons. The predicted molar refractivity (Wildman–Crippen MR) is 86.2 cm³/mol. The molecule has 2 unspecified atom stereocenters. The smallest absolute Gasteiger partial charge is 0.748 e. The van der Waals surface area contributed by atoms with Crippen LogP contribution >= 0.6 is 0 Å². The third-order valence-electron chi connectivity index (χ3n) is 4.05. The van der Waals surface area contributed by atoms with E-state index in [0.29, 0.717) is 12.8 Å². The van der Waals surface area contributed by atoms with Gasteiger partial charge < -0.3 is 9.66 Å². The van der Waals surface area contributed by atoms with Gasteiger partial charge in [0.25, 0.3) is 0 Å². The van der Waals surface area contributed by atoms with E-state index in [1.54, 1.807) is 6.92 Å². The number of rotatable bonds is 14. The zero-order valence-corrected chi connectivity index (χ0v) is 18.7. The van der Waals surface area contributed by atoms with Crippen LogP contribution in [0.4, 0.5) is 0 Å². The Bertz CT molecular complexity index is 333. The van der Waals surface area contributed by atoms with E-state index in [1.807, 2.05) is 0 Å². The van der Waals surface area contributed by atoms with Crippen molar-refractivity contribution in [2.75, 3.05) is 0 Å². The molecule has 4 nitrogen and oxygen atoms in total. The molecular formula is C16H33KO4S. The normalized spacial score (nSPS) is 14.4. The van der Waals surface area contributed by atoms with Crippen molar-refractivity contribution in [2.45, 2.75) is 102 Å². The Morgan fingerprint density at radius 1 is 0.864 bits per heavy atom. The minimum atomic E-state index is -4.11. The molecule has 0 aromatic carbocycles. The van der Waals surface area contributed by atoms with Crippen LogP contribution in [0.15, 0.2) is 0 Å². The zero-order valence-electron chi connectivity index (χ0n) is 14.7. The molecule has 0 rings (SSSR count). The summed E-state index contributed by atoms with van der Waals surface area (Å²) >= 11 is 0. The summed E-state index contributed by atoms with van der Waals surface area (Å²) in [6.07, 6.45) is 11.2. The van der Waals surface area contributed by atoms with Gasteiger partial charge in [0.05, 0.1) is 16.2 Å². The Morgan fingerprint density at radius 2 is 1.32 bits per heavy atom. The molecule has 0 aliphatic rings. The van der Waals surface area contributed by atoms with E-state index in [9.17, 15) is 18.1 Å². The van der Waals surface area contributed by atoms with E-state index in [-0.39, 0.29) is 57.5 Å². The topological polar surface area (TPSA) is 77.4 Å². The molecule has 0 spiro atoms. The minimum Gasteiger partial charge on any atom is -0.748 e. The van der Waals surface area contributed by atoms with E-state index in [2.05, 4.69) is 6.92 Å². The van der Waals surface area contributed by atoms with Crippen LogP contribution in [0, 0.1) is 0 Å².